The summed E-state index contributed by atoms with van der Waals surface area (Å²) < 4.78 is 10.3. The van der Waals surface area contributed by atoms with Crippen molar-refractivity contribution in [1.82, 2.24) is 5.32 Å². The molecule has 0 saturated heterocycles. The topological polar surface area (TPSA) is 76.7 Å². The Labute approximate surface area is 124 Å². The minimum Gasteiger partial charge on any atom is -0.493 e. The molecule has 6 heteroatoms. The van der Waals surface area contributed by atoms with Crippen molar-refractivity contribution in [2.75, 3.05) is 19.5 Å². The zero-order valence-electron chi connectivity index (χ0n) is 12.9. The number of ether oxygens (including phenoxy) is 2. The quantitative estimate of drug-likeness (QED) is 0.754. The van der Waals surface area contributed by atoms with Gasteiger partial charge in [-0.1, -0.05) is 6.92 Å². The molecular formula is C15H22N2O4. The van der Waals surface area contributed by atoms with Gasteiger partial charge < -0.3 is 20.1 Å². The molecule has 6 nitrogen and oxygen atoms in total. The van der Waals surface area contributed by atoms with E-state index in [0.717, 1.165) is 6.42 Å². The number of carbonyl (C=O) groups is 2. The first kappa shape index (κ1) is 16.8. The number of rotatable bonds is 7. The summed E-state index contributed by atoms with van der Waals surface area (Å²) in [5, 5.41) is 5.40. The van der Waals surface area contributed by atoms with Gasteiger partial charge in [-0.25, -0.2) is 0 Å². The molecule has 0 aliphatic heterocycles. The predicted octanol–water partition coefficient (Wildman–Crippen LogP) is 1.95. The van der Waals surface area contributed by atoms with E-state index in [2.05, 4.69) is 10.6 Å². The summed E-state index contributed by atoms with van der Waals surface area (Å²) in [7, 11) is 3.05. The van der Waals surface area contributed by atoms with Crippen LogP contribution in [0, 0.1) is 0 Å². The van der Waals surface area contributed by atoms with Crippen LogP contribution >= 0.6 is 0 Å². The van der Waals surface area contributed by atoms with Crippen molar-refractivity contribution in [2.45, 2.75) is 32.7 Å². The molecule has 0 spiro atoms. The van der Waals surface area contributed by atoms with Crippen molar-refractivity contribution in [1.29, 1.82) is 0 Å². The predicted molar refractivity (Wildman–Crippen MR) is 80.7 cm³/mol. The molecule has 0 fully saturated rings. The summed E-state index contributed by atoms with van der Waals surface area (Å²) >= 11 is 0. The van der Waals surface area contributed by atoms with Crippen LogP contribution in [0.3, 0.4) is 0 Å². The minimum absolute atomic E-state index is 0.0615. The Morgan fingerprint density at radius 3 is 2.38 bits per heavy atom. The molecule has 1 rings (SSSR count). The maximum absolute atomic E-state index is 11.8. The van der Waals surface area contributed by atoms with Gasteiger partial charge in [0.2, 0.25) is 11.8 Å². The summed E-state index contributed by atoms with van der Waals surface area (Å²) in [5.74, 6) is 0.426. The van der Waals surface area contributed by atoms with Crippen LogP contribution < -0.4 is 20.1 Å². The average molecular weight is 294 g/mol. The lowest BCUT2D eigenvalue weighted by Gasteiger charge is -2.12. The van der Waals surface area contributed by atoms with E-state index >= 15 is 0 Å². The third-order valence-corrected chi connectivity index (χ3v) is 3.01. The minimum atomic E-state index is -0.372. The molecule has 0 heterocycles. The number of nitrogens with one attached hydrogen (secondary N) is 2. The maximum atomic E-state index is 11.8. The second kappa shape index (κ2) is 8.14. The van der Waals surface area contributed by atoms with E-state index in [0.29, 0.717) is 17.2 Å². The summed E-state index contributed by atoms with van der Waals surface area (Å²) in [6.07, 6.45) is 0.613. The number of hydrogen-bond acceptors (Lipinski definition) is 4. The van der Waals surface area contributed by atoms with E-state index in [1.54, 1.807) is 18.2 Å². The fraction of sp³-hybridized carbons (Fsp3) is 0.467. The Morgan fingerprint density at radius 2 is 1.81 bits per heavy atom. The highest BCUT2D eigenvalue weighted by molar-refractivity contribution is 6.03. The van der Waals surface area contributed by atoms with E-state index in [9.17, 15) is 9.59 Å². The number of methoxy groups -OCH3 is 2. The smallest absolute Gasteiger partial charge is 0.233 e. The molecule has 2 N–H and O–H groups in total. The molecule has 0 aliphatic carbocycles. The lowest BCUT2D eigenvalue weighted by molar-refractivity contribution is -0.127. The van der Waals surface area contributed by atoms with Crippen LogP contribution in [0.4, 0.5) is 5.69 Å². The Bertz CT molecular complexity index is 502. The van der Waals surface area contributed by atoms with Gasteiger partial charge >= 0.3 is 0 Å². The van der Waals surface area contributed by atoms with E-state index in [1.165, 1.54) is 14.2 Å². The molecule has 0 saturated carbocycles. The van der Waals surface area contributed by atoms with Crippen LogP contribution in [-0.4, -0.2) is 32.1 Å². The van der Waals surface area contributed by atoms with Gasteiger partial charge in [-0.05, 0) is 25.5 Å². The maximum Gasteiger partial charge on any atom is 0.233 e. The Morgan fingerprint density at radius 1 is 1.14 bits per heavy atom. The number of amides is 2. The van der Waals surface area contributed by atoms with Gasteiger partial charge in [-0.2, -0.15) is 0 Å². The van der Waals surface area contributed by atoms with Crippen LogP contribution in [0.25, 0.3) is 0 Å². The first-order valence-electron chi connectivity index (χ1n) is 6.81. The van der Waals surface area contributed by atoms with Gasteiger partial charge in [0.15, 0.2) is 11.5 Å². The van der Waals surface area contributed by atoms with Gasteiger partial charge in [-0.15, -0.1) is 0 Å². The van der Waals surface area contributed by atoms with Crippen molar-refractivity contribution >= 4 is 17.5 Å². The van der Waals surface area contributed by atoms with Gasteiger partial charge in [0, 0.05) is 17.8 Å². The van der Waals surface area contributed by atoms with Crippen LogP contribution in [0.1, 0.15) is 26.7 Å². The molecule has 1 unspecified atom stereocenters. The van der Waals surface area contributed by atoms with Crippen LogP contribution in [0.2, 0.25) is 0 Å². The van der Waals surface area contributed by atoms with Crippen LogP contribution in [0.15, 0.2) is 18.2 Å². The SMILES string of the molecule is CCC(C)NC(=O)CC(=O)Nc1ccc(OC)c(OC)c1. The molecule has 2 amide bonds. The van der Waals surface area contributed by atoms with Gasteiger partial charge in [-0.3, -0.25) is 9.59 Å². The zero-order valence-corrected chi connectivity index (χ0v) is 12.9. The van der Waals surface area contributed by atoms with Crippen LogP contribution in [-0.2, 0) is 9.59 Å². The highest BCUT2D eigenvalue weighted by Gasteiger charge is 2.12. The molecule has 0 aromatic heterocycles. The van der Waals surface area contributed by atoms with E-state index in [4.69, 9.17) is 9.47 Å². The molecule has 116 valence electrons. The Balaban J connectivity index is 2.60. The highest BCUT2D eigenvalue weighted by Crippen LogP contribution is 2.29. The van der Waals surface area contributed by atoms with Crippen molar-refractivity contribution < 1.29 is 19.1 Å². The van der Waals surface area contributed by atoms with Crippen molar-refractivity contribution in [3.63, 3.8) is 0 Å². The van der Waals surface area contributed by atoms with E-state index in [1.807, 2.05) is 13.8 Å². The van der Waals surface area contributed by atoms with Gasteiger partial charge in [0.25, 0.3) is 0 Å². The number of carbonyl (C=O) groups excluding carboxylic acids is 2. The standard InChI is InChI=1S/C15H22N2O4/c1-5-10(2)16-14(18)9-15(19)17-11-6-7-12(20-3)13(8-11)21-4/h6-8,10H,5,9H2,1-4H3,(H,16,18)(H,17,19). The zero-order chi connectivity index (χ0) is 15.8. The third kappa shape index (κ3) is 5.33. The number of anilines is 1. The van der Waals surface area contributed by atoms with E-state index in [-0.39, 0.29) is 24.3 Å². The van der Waals surface area contributed by atoms with E-state index < -0.39 is 0 Å². The summed E-state index contributed by atoms with van der Waals surface area (Å²) in [5.41, 5.74) is 0.550. The molecule has 21 heavy (non-hydrogen) atoms. The number of benzene rings is 1. The lowest BCUT2D eigenvalue weighted by atomic mass is 10.2. The van der Waals surface area contributed by atoms with Crippen LogP contribution in [0.5, 0.6) is 11.5 Å². The molecule has 1 atom stereocenters. The van der Waals surface area contributed by atoms with Crippen molar-refractivity contribution in [3.05, 3.63) is 18.2 Å². The Kier molecular flexibility index (Phi) is 6.52. The fourth-order valence-electron chi connectivity index (χ4n) is 1.69. The summed E-state index contributed by atoms with van der Waals surface area (Å²) in [6, 6.07) is 5.08. The largest absolute Gasteiger partial charge is 0.493 e. The third-order valence-electron chi connectivity index (χ3n) is 3.01. The lowest BCUT2D eigenvalue weighted by Crippen LogP contribution is -2.34. The van der Waals surface area contributed by atoms with Gasteiger partial charge in [0.1, 0.15) is 6.42 Å². The average Bonchev–Trinajstić information content (AvgIpc) is 2.46. The monoisotopic (exact) mass is 294 g/mol. The molecule has 0 bridgehead atoms. The fourth-order valence-corrected chi connectivity index (χ4v) is 1.69. The molecule has 1 aromatic carbocycles. The normalized spacial score (nSPS) is 11.4. The summed E-state index contributed by atoms with van der Waals surface area (Å²) in [4.78, 5) is 23.4. The Hall–Kier alpha value is -2.24. The summed E-state index contributed by atoms with van der Waals surface area (Å²) in [6.45, 7) is 3.86. The molecule has 0 radical (unpaired) electrons. The highest BCUT2D eigenvalue weighted by atomic mass is 16.5. The van der Waals surface area contributed by atoms with Crippen molar-refractivity contribution in [3.8, 4) is 11.5 Å². The second-order valence-corrected chi connectivity index (χ2v) is 4.67. The first-order valence-corrected chi connectivity index (χ1v) is 6.81. The molecule has 0 aliphatic rings. The van der Waals surface area contributed by atoms with Crippen molar-refractivity contribution in [2.24, 2.45) is 0 Å². The second-order valence-electron chi connectivity index (χ2n) is 4.67. The first-order chi connectivity index (χ1) is 9.99. The van der Waals surface area contributed by atoms with Gasteiger partial charge in [0.05, 0.1) is 14.2 Å². The number of hydrogen-bond donors (Lipinski definition) is 2. The molecular weight excluding hydrogens is 272 g/mol. The molecule has 1 aromatic rings.